The van der Waals surface area contributed by atoms with Crippen LogP contribution in [-0.2, 0) is 13.5 Å². The van der Waals surface area contributed by atoms with Crippen molar-refractivity contribution in [1.82, 2.24) is 14.9 Å². The van der Waals surface area contributed by atoms with Crippen molar-refractivity contribution in [2.45, 2.75) is 31.7 Å². The fraction of sp³-hybridized carbons (Fsp3) is 0.300. The number of benzene rings is 1. The second-order valence-electron chi connectivity index (χ2n) is 6.88. The molecule has 3 aromatic rings. The summed E-state index contributed by atoms with van der Waals surface area (Å²) in [6.07, 6.45) is 4.64. The fourth-order valence-corrected chi connectivity index (χ4v) is 3.27. The van der Waals surface area contributed by atoms with Crippen LogP contribution in [0.2, 0.25) is 0 Å². The summed E-state index contributed by atoms with van der Waals surface area (Å²) in [6.45, 7) is 2.04. The van der Waals surface area contributed by atoms with Crippen LogP contribution in [0.5, 0.6) is 0 Å². The van der Waals surface area contributed by atoms with Gasteiger partial charge < -0.3 is 9.88 Å². The predicted octanol–water partition coefficient (Wildman–Crippen LogP) is 3.39. The Kier molecular flexibility index (Phi) is 3.41. The Morgan fingerprint density at radius 3 is 2.71 bits per heavy atom. The van der Waals surface area contributed by atoms with Crippen LogP contribution in [0, 0.1) is 6.92 Å². The zero-order valence-electron chi connectivity index (χ0n) is 14.0. The summed E-state index contributed by atoms with van der Waals surface area (Å²) in [6, 6.07) is 14.3. The molecule has 1 aromatic carbocycles. The highest BCUT2D eigenvalue weighted by molar-refractivity contribution is 5.97. The zero-order chi connectivity index (χ0) is 16.7. The van der Waals surface area contributed by atoms with Gasteiger partial charge >= 0.3 is 0 Å². The molecular weight excluding hydrogens is 298 g/mol. The largest absolute Gasteiger partial charge is 0.346 e. The van der Waals surface area contributed by atoms with Crippen LogP contribution in [0.3, 0.4) is 0 Å². The number of carbonyl (C=O) groups excluding carboxylic acids is 1. The number of fused-ring (bicyclic) bond motifs is 1. The lowest BCUT2D eigenvalue weighted by molar-refractivity contribution is 0.0931. The fourth-order valence-electron chi connectivity index (χ4n) is 3.27. The van der Waals surface area contributed by atoms with E-state index in [1.165, 1.54) is 5.56 Å². The Hall–Kier alpha value is -2.62. The van der Waals surface area contributed by atoms with Crippen LogP contribution in [-0.4, -0.2) is 21.0 Å². The zero-order valence-corrected chi connectivity index (χ0v) is 14.0. The van der Waals surface area contributed by atoms with Gasteiger partial charge in [0, 0.05) is 29.9 Å². The van der Waals surface area contributed by atoms with Crippen LogP contribution < -0.4 is 5.32 Å². The first-order valence-electron chi connectivity index (χ1n) is 8.35. The third-order valence-corrected chi connectivity index (χ3v) is 4.99. The highest BCUT2D eigenvalue weighted by atomic mass is 16.1. The molecule has 4 nitrogen and oxygen atoms in total. The van der Waals surface area contributed by atoms with Crippen LogP contribution in [0.1, 0.15) is 34.5 Å². The molecule has 0 spiro atoms. The first-order chi connectivity index (χ1) is 11.6. The number of pyridine rings is 1. The van der Waals surface area contributed by atoms with E-state index in [0.29, 0.717) is 5.56 Å². The molecule has 0 radical (unpaired) electrons. The predicted molar refractivity (Wildman–Crippen MR) is 95.0 cm³/mol. The van der Waals surface area contributed by atoms with E-state index in [4.69, 9.17) is 0 Å². The Bertz CT molecular complexity index is 907. The van der Waals surface area contributed by atoms with Crippen molar-refractivity contribution in [1.29, 1.82) is 0 Å². The second-order valence-corrected chi connectivity index (χ2v) is 6.88. The summed E-state index contributed by atoms with van der Waals surface area (Å²) in [7, 11) is 1.99. The molecule has 4 rings (SSSR count). The van der Waals surface area contributed by atoms with Crippen molar-refractivity contribution >= 4 is 16.9 Å². The van der Waals surface area contributed by atoms with Gasteiger partial charge in [-0.05, 0) is 43.9 Å². The molecule has 0 unspecified atom stereocenters. The van der Waals surface area contributed by atoms with E-state index in [-0.39, 0.29) is 11.4 Å². The first kappa shape index (κ1) is 14.9. The lowest BCUT2D eigenvalue weighted by Crippen LogP contribution is -2.38. The number of hydrogen-bond donors (Lipinski definition) is 1. The van der Waals surface area contributed by atoms with E-state index in [1.54, 1.807) is 6.20 Å². The van der Waals surface area contributed by atoms with Crippen molar-refractivity contribution in [3.8, 4) is 0 Å². The minimum Gasteiger partial charge on any atom is -0.346 e. The molecule has 122 valence electrons. The maximum absolute atomic E-state index is 12.7. The molecular formula is C20H21N3O. The maximum atomic E-state index is 12.7. The van der Waals surface area contributed by atoms with Gasteiger partial charge in [-0.3, -0.25) is 4.79 Å². The Labute approximate surface area is 141 Å². The van der Waals surface area contributed by atoms with E-state index in [2.05, 4.69) is 28.5 Å². The summed E-state index contributed by atoms with van der Waals surface area (Å²) in [5.41, 5.74) is 3.86. The van der Waals surface area contributed by atoms with Gasteiger partial charge in [0.05, 0.1) is 5.56 Å². The summed E-state index contributed by atoms with van der Waals surface area (Å²) in [5.74, 6) is -0.0284. The van der Waals surface area contributed by atoms with Crippen molar-refractivity contribution in [3.05, 3.63) is 65.5 Å². The minimum absolute atomic E-state index is 0.0284. The Morgan fingerprint density at radius 1 is 1.25 bits per heavy atom. The minimum atomic E-state index is -0.0833. The molecule has 24 heavy (non-hydrogen) atoms. The van der Waals surface area contributed by atoms with Crippen molar-refractivity contribution in [3.63, 3.8) is 0 Å². The molecule has 0 saturated heterocycles. The van der Waals surface area contributed by atoms with Crippen LogP contribution in [0.4, 0.5) is 0 Å². The second kappa shape index (κ2) is 5.48. The summed E-state index contributed by atoms with van der Waals surface area (Å²) < 4.78 is 2.04. The molecule has 1 saturated carbocycles. The SMILES string of the molecule is Cc1cc2cc(C(=O)NC3(Cc4ccccc4)CC3)cnc2n1C. The molecule has 1 fully saturated rings. The van der Waals surface area contributed by atoms with Crippen molar-refractivity contribution < 1.29 is 4.79 Å². The number of nitrogens with zero attached hydrogens (tertiary/aromatic N) is 2. The number of carbonyl (C=O) groups is 1. The normalized spacial score (nSPS) is 15.4. The monoisotopic (exact) mass is 319 g/mol. The average molecular weight is 319 g/mol. The molecule has 0 atom stereocenters. The number of aryl methyl sites for hydroxylation is 2. The van der Waals surface area contributed by atoms with E-state index >= 15 is 0 Å². The van der Waals surface area contributed by atoms with Crippen LogP contribution in [0.15, 0.2) is 48.7 Å². The standard InChI is InChI=1S/C20H21N3O/c1-14-10-16-11-17(13-21-18(16)23(14)2)19(24)22-20(8-9-20)12-15-6-4-3-5-7-15/h3-7,10-11,13H,8-9,12H2,1-2H3,(H,22,24). The molecule has 4 heteroatoms. The lowest BCUT2D eigenvalue weighted by Gasteiger charge is -2.17. The molecule has 0 aliphatic heterocycles. The van der Waals surface area contributed by atoms with E-state index in [9.17, 15) is 4.79 Å². The number of nitrogens with one attached hydrogen (secondary N) is 1. The summed E-state index contributed by atoms with van der Waals surface area (Å²) >= 11 is 0. The smallest absolute Gasteiger partial charge is 0.253 e. The topological polar surface area (TPSA) is 46.9 Å². The van der Waals surface area contributed by atoms with Gasteiger partial charge in [-0.25, -0.2) is 4.98 Å². The van der Waals surface area contributed by atoms with E-state index in [1.807, 2.05) is 42.8 Å². The quantitative estimate of drug-likeness (QED) is 0.801. The molecule has 1 amide bonds. The Balaban J connectivity index is 1.54. The molecule has 2 aromatic heterocycles. The molecule has 1 N–H and O–H groups in total. The Morgan fingerprint density at radius 2 is 2.00 bits per heavy atom. The van der Waals surface area contributed by atoms with Crippen molar-refractivity contribution in [2.75, 3.05) is 0 Å². The maximum Gasteiger partial charge on any atom is 0.253 e. The van der Waals surface area contributed by atoms with Gasteiger partial charge in [0.1, 0.15) is 5.65 Å². The summed E-state index contributed by atoms with van der Waals surface area (Å²) in [4.78, 5) is 17.1. The lowest BCUT2D eigenvalue weighted by atomic mass is 10.0. The van der Waals surface area contributed by atoms with E-state index in [0.717, 1.165) is 36.0 Å². The highest BCUT2D eigenvalue weighted by Crippen LogP contribution is 2.39. The molecule has 1 aliphatic carbocycles. The van der Waals surface area contributed by atoms with Gasteiger partial charge in [0.15, 0.2) is 0 Å². The number of rotatable bonds is 4. The van der Waals surface area contributed by atoms with Gasteiger partial charge in [0.2, 0.25) is 0 Å². The third kappa shape index (κ3) is 2.68. The van der Waals surface area contributed by atoms with Gasteiger partial charge in [-0.1, -0.05) is 30.3 Å². The molecule has 2 heterocycles. The highest BCUT2D eigenvalue weighted by Gasteiger charge is 2.44. The third-order valence-electron chi connectivity index (χ3n) is 4.99. The molecule has 1 aliphatic rings. The van der Waals surface area contributed by atoms with Gasteiger partial charge in [-0.15, -0.1) is 0 Å². The first-order valence-corrected chi connectivity index (χ1v) is 8.35. The molecule has 0 bridgehead atoms. The van der Waals surface area contributed by atoms with Crippen LogP contribution in [0.25, 0.3) is 11.0 Å². The van der Waals surface area contributed by atoms with Crippen LogP contribution >= 0.6 is 0 Å². The number of aromatic nitrogens is 2. The van der Waals surface area contributed by atoms with Gasteiger partial charge in [0.25, 0.3) is 5.91 Å². The number of amides is 1. The van der Waals surface area contributed by atoms with Crippen molar-refractivity contribution in [2.24, 2.45) is 7.05 Å². The average Bonchev–Trinajstić information content (AvgIpc) is 3.27. The van der Waals surface area contributed by atoms with Gasteiger partial charge in [-0.2, -0.15) is 0 Å². The number of hydrogen-bond acceptors (Lipinski definition) is 2. The summed E-state index contributed by atoms with van der Waals surface area (Å²) in [5, 5.41) is 4.24. The van der Waals surface area contributed by atoms with E-state index < -0.39 is 0 Å².